The number of hydrogen-bond acceptors (Lipinski definition) is 4. The number of para-hydroxylation sites is 1. The van der Waals surface area contributed by atoms with Crippen LogP contribution in [0.2, 0.25) is 0 Å². The van der Waals surface area contributed by atoms with Crippen LogP contribution in [-0.4, -0.2) is 29.6 Å². The average Bonchev–Trinajstić information content (AvgIpc) is 2.61. The fourth-order valence-corrected chi connectivity index (χ4v) is 3.81. The van der Waals surface area contributed by atoms with Crippen molar-refractivity contribution < 1.29 is 13.9 Å². The monoisotopic (exact) mass is 362 g/mol. The van der Waals surface area contributed by atoms with Crippen molar-refractivity contribution in [1.29, 1.82) is 0 Å². The van der Waals surface area contributed by atoms with Crippen LogP contribution in [-0.2, 0) is 16.0 Å². The van der Waals surface area contributed by atoms with Crippen molar-refractivity contribution in [3.8, 4) is 0 Å². The Hall–Kier alpha value is -2.14. The Kier molecular flexibility index (Phi) is 4.95. The summed E-state index contributed by atoms with van der Waals surface area (Å²) in [5.41, 5.74) is 9.01. The molecule has 1 aromatic heterocycles. The first-order valence-electron chi connectivity index (χ1n) is 8.12. The van der Waals surface area contributed by atoms with E-state index in [1.165, 1.54) is 7.11 Å². The van der Waals surface area contributed by atoms with Gasteiger partial charge < -0.3 is 10.5 Å². The lowest BCUT2D eigenvalue weighted by Gasteiger charge is -2.31. The Balaban J connectivity index is 2.23. The second-order valence-corrected chi connectivity index (χ2v) is 6.76. The van der Waals surface area contributed by atoms with Gasteiger partial charge in [-0.1, -0.05) is 24.3 Å². The van der Waals surface area contributed by atoms with E-state index in [4.69, 9.17) is 22.1 Å². The van der Waals surface area contributed by atoms with Gasteiger partial charge in [-0.05, 0) is 30.5 Å². The van der Waals surface area contributed by atoms with Crippen LogP contribution in [0, 0.1) is 6.92 Å². The number of alkyl halides is 2. The predicted molar refractivity (Wildman–Crippen MR) is 96.4 cm³/mol. The highest BCUT2D eigenvalue weighted by atomic mass is 35.5. The van der Waals surface area contributed by atoms with E-state index in [-0.39, 0.29) is 24.0 Å². The number of esters is 1. The molecule has 3 atom stereocenters. The van der Waals surface area contributed by atoms with Gasteiger partial charge in [-0.3, -0.25) is 9.78 Å². The molecule has 25 heavy (non-hydrogen) atoms. The summed E-state index contributed by atoms with van der Waals surface area (Å²) in [6.07, 6.45) is 0.854. The van der Waals surface area contributed by atoms with Gasteiger partial charge in [0.05, 0.1) is 24.4 Å². The van der Waals surface area contributed by atoms with E-state index in [0.717, 1.165) is 27.7 Å². The van der Waals surface area contributed by atoms with Crippen LogP contribution in [0.25, 0.3) is 10.9 Å². The summed E-state index contributed by atoms with van der Waals surface area (Å²) in [4.78, 5) is 16.5. The van der Waals surface area contributed by atoms with Crippen LogP contribution in [0.4, 0.5) is 4.39 Å². The number of methoxy groups -OCH3 is 1. The highest BCUT2D eigenvalue weighted by Crippen LogP contribution is 2.41. The number of ether oxygens (including phenoxy) is 1. The van der Waals surface area contributed by atoms with E-state index < -0.39 is 11.5 Å². The average molecular weight is 363 g/mol. The fourth-order valence-electron chi connectivity index (χ4n) is 3.44. The zero-order valence-electron chi connectivity index (χ0n) is 14.1. The summed E-state index contributed by atoms with van der Waals surface area (Å²) in [6, 6.07) is 7.62. The number of carbonyl (C=O) groups is 1. The molecule has 1 aliphatic rings. The van der Waals surface area contributed by atoms with Crippen LogP contribution in [0.15, 0.2) is 36.0 Å². The van der Waals surface area contributed by atoms with Crippen molar-refractivity contribution in [3.05, 3.63) is 52.9 Å². The SMILES string of the molecule is COC(=O)Cc1c(C)nc2ccccc2c1[C@@H]1CC=C(N)C(F)C1Cl. The molecule has 0 amide bonds. The molecule has 132 valence electrons. The summed E-state index contributed by atoms with van der Waals surface area (Å²) >= 11 is 6.43. The first-order chi connectivity index (χ1) is 11.9. The Morgan fingerprint density at radius 1 is 1.44 bits per heavy atom. The molecule has 0 spiro atoms. The molecule has 6 heteroatoms. The molecule has 0 fully saturated rings. The van der Waals surface area contributed by atoms with E-state index in [1.807, 2.05) is 31.2 Å². The summed E-state index contributed by atoms with van der Waals surface area (Å²) in [5, 5.41) is 0.0790. The van der Waals surface area contributed by atoms with Crippen LogP contribution in [0.5, 0.6) is 0 Å². The standard InChI is InChI=1S/C19H20ClFN2O2/c1-10-13(9-16(24)25-2)17(11-5-3-4-6-15(11)23-10)12-7-8-14(22)19(21)18(12)20/h3-6,8,12,18-19H,7,9,22H2,1-2H3/t12-,18?,19?/m0/s1. The van der Waals surface area contributed by atoms with Crippen molar-refractivity contribution in [3.63, 3.8) is 0 Å². The number of fused-ring (bicyclic) bond motifs is 1. The molecule has 0 radical (unpaired) electrons. The third-order valence-corrected chi connectivity index (χ3v) is 5.28. The Morgan fingerprint density at radius 3 is 2.88 bits per heavy atom. The number of nitrogens with two attached hydrogens (primary N) is 1. The van der Waals surface area contributed by atoms with Gasteiger partial charge in [-0.15, -0.1) is 11.6 Å². The molecule has 4 nitrogen and oxygen atoms in total. The van der Waals surface area contributed by atoms with Crippen molar-refractivity contribution in [2.45, 2.75) is 37.2 Å². The molecule has 0 aliphatic heterocycles. The molecular weight excluding hydrogens is 343 g/mol. The molecule has 0 saturated carbocycles. The number of pyridine rings is 1. The maximum Gasteiger partial charge on any atom is 0.310 e. The number of rotatable bonds is 3. The topological polar surface area (TPSA) is 65.2 Å². The number of nitrogens with zero attached hydrogens (tertiary/aromatic N) is 1. The van der Waals surface area contributed by atoms with Gasteiger partial charge in [-0.25, -0.2) is 4.39 Å². The van der Waals surface area contributed by atoms with Gasteiger partial charge >= 0.3 is 5.97 Å². The van der Waals surface area contributed by atoms with Gasteiger partial charge in [-0.2, -0.15) is 0 Å². The third kappa shape index (κ3) is 3.21. The zero-order valence-corrected chi connectivity index (χ0v) is 14.9. The summed E-state index contributed by atoms with van der Waals surface area (Å²) in [5.74, 6) is -0.662. The Morgan fingerprint density at radius 2 is 2.16 bits per heavy atom. The number of carbonyl (C=O) groups excluding carboxylic acids is 1. The quantitative estimate of drug-likeness (QED) is 0.670. The molecule has 1 aromatic carbocycles. The van der Waals surface area contributed by atoms with E-state index in [0.29, 0.717) is 6.42 Å². The van der Waals surface area contributed by atoms with Gasteiger partial charge in [0.1, 0.15) is 0 Å². The van der Waals surface area contributed by atoms with Crippen LogP contribution < -0.4 is 5.73 Å². The first-order valence-corrected chi connectivity index (χ1v) is 8.56. The van der Waals surface area contributed by atoms with Crippen molar-refractivity contribution in [2.75, 3.05) is 7.11 Å². The lowest BCUT2D eigenvalue weighted by atomic mass is 9.80. The number of aromatic nitrogens is 1. The number of allylic oxidation sites excluding steroid dienone is 2. The molecule has 2 unspecified atom stereocenters. The second kappa shape index (κ2) is 7.00. The van der Waals surface area contributed by atoms with Crippen molar-refractivity contribution in [1.82, 2.24) is 4.98 Å². The van der Waals surface area contributed by atoms with E-state index in [2.05, 4.69) is 4.98 Å². The second-order valence-electron chi connectivity index (χ2n) is 6.25. The maximum atomic E-state index is 14.4. The molecule has 1 heterocycles. The van der Waals surface area contributed by atoms with Crippen molar-refractivity contribution in [2.24, 2.45) is 5.73 Å². The van der Waals surface area contributed by atoms with E-state index in [1.54, 1.807) is 6.08 Å². The maximum absolute atomic E-state index is 14.4. The molecule has 0 bridgehead atoms. The third-order valence-electron chi connectivity index (χ3n) is 4.75. The lowest BCUT2D eigenvalue weighted by molar-refractivity contribution is -0.139. The first kappa shape index (κ1) is 17.7. The number of aryl methyl sites for hydroxylation is 1. The number of benzene rings is 1. The van der Waals surface area contributed by atoms with Gasteiger partial charge in [0.15, 0.2) is 6.17 Å². The highest BCUT2D eigenvalue weighted by molar-refractivity contribution is 6.22. The smallest absolute Gasteiger partial charge is 0.310 e. The molecule has 0 saturated heterocycles. The number of hydrogen-bond donors (Lipinski definition) is 1. The highest BCUT2D eigenvalue weighted by Gasteiger charge is 2.36. The summed E-state index contributed by atoms with van der Waals surface area (Å²) in [7, 11) is 1.35. The summed E-state index contributed by atoms with van der Waals surface area (Å²) in [6.45, 7) is 1.84. The largest absolute Gasteiger partial charge is 0.469 e. The van der Waals surface area contributed by atoms with E-state index in [9.17, 15) is 9.18 Å². The minimum Gasteiger partial charge on any atom is -0.469 e. The van der Waals surface area contributed by atoms with Gasteiger partial charge in [0.25, 0.3) is 0 Å². The fraction of sp³-hybridized carbons (Fsp3) is 0.368. The molecule has 2 N–H and O–H groups in total. The Labute approximate surface area is 150 Å². The van der Waals surface area contributed by atoms with Gasteiger partial charge in [0.2, 0.25) is 0 Å². The number of halogens is 2. The lowest BCUT2D eigenvalue weighted by Crippen LogP contribution is -2.33. The molecule has 1 aliphatic carbocycles. The van der Waals surface area contributed by atoms with E-state index >= 15 is 0 Å². The minimum atomic E-state index is -1.42. The van der Waals surface area contributed by atoms with Crippen LogP contribution >= 0.6 is 11.6 Å². The van der Waals surface area contributed by atoms with Crippen LogP contribution in [0.1, 0.15) is 29.2 Å². The molecular formula is C19H20ClFN2O2. The minimum absolute atomic E-state index is 0.0752. The zero-order chi connectivity index (χ0) is 18.1. The summed E-state index contributed by atoms with van der Waals surface area (Å²) < 4.78 is 19.3. The molecule has 3 rings (SSSR count). The van der Waals surface area contributed by atoms with Crippen molar-refractivity contribution >= 4 is 28.5 Å². The van der Waals surface area contributed by atoms with Gasteiger partial charge in [0, 0.05) is 22.7 Å². The normalized spacial score (nSPS) is 23.4. The predicted octanol–water partition coefficient (Wildman–Crippen LogP) is 3.53. The van der Waals surface area contributed by atoms with Crippen LogP contribution in [0.3, 0.4) is 0 Å². The Bertz CT molecular complexity index is 853. The molecule has 2 aromatic rings.